The summed E-state index contributed by atoms with van der Waals surface area (Å²) in [6.45, 7) is -0.149. The van der Waals surface area contributed by atoms with Crippen LogP contribution in [0.3, 0.4) is 0 Å². The fourth-order valence-corrected chi connectivity index (χ4v) is 1.93. The molecule has 2 rings (SSSR count). The highest BCUT2D eigenvalue weighted by Gasteiger charge is 2.19. The normalized spacial score (nSPS) is 11.9. The number of methoxy groups -OCH3 is 1. The number of carboxylic acids is 1. The second-order valence-electron chi connectivity index (χ2n) is 4.67. The van der Waals surface area contributed by atoms with Gasteiger partial charge in [-0.25, -0.2) is 9.48 Å². The lowest BCUT2D eigenvalue weighted by molar-refractivity contribution is -0.138. The highest BCUT2D eigenvalue weighted by atomic mass is 16.5. The number of aliphatic carboxylic acids is 1. The van der Waals surface area contributed by atoms with Gasteiger partial charge in [0.25, 0.3) is 0 Å². The van der Waals surface area contributed by atoms with E-state index in [1.807, 2.05) is 24.3 Å². The largest absolute Gasteiger partial charge is 0.497 e. The Kier molecular flexibility index (Phi) is 4.84. The Morgan fingerprint density at radius 1 is 1.45 bits per heavy atom. The summed E-state index contributed by atoms with van der Waals surface area (Å²) in [5.41, 5.74) is 7.06. The molecule has 0 saturated heterocycles. The van der Waals surface area contributed by atoms with Gasteiger partial charge in [0.1, 0.15) is 17.6 Å². The molecule has 1 unspecified atom stereocenters. The molecule has 1 aromatic carbocycles. The summed E-state index contributed by atoms with van der Waals surface area (Å²) in [5.74, 6) is -0.0651. The van der Waals surface area contributed by atoms with Crippen LogP contribution in [0.2, 0.25) is 0 Å². The molecule has 118 valence electrons. The third kappa shape index (κ3) is 3.47. The van der Waals surface area contributed by atoms with E-state index in [0.717, 1.165) is 11.3 Å². The molecule has 0 fully saturated rings. The Hall–Kier alpha value is -2.74. The number of ether oxygens (including phenoxy) is 1. The van der Waals surface area contributed by atoms with Crippen LogP contribution in [0.4, 0.5) is 11.5 Å². The lowest BCUT2D eigenvalue weighted by Gasteiger charge is -2.15. The van der Waals surface area contributed by atoms with Gasteiger partial charge in [-0.3, -0.25) is 0 Å². The third-order valence-corrected chi connectivity index (χ3v) is 3.15. The summed E-state index contributed by atoms with van der Waals surface area (Å²) in [5, 5.41) is 24.9. The average Bonchev–Trinajstić information content (AvgIpc) is 2.85. The Bertz CT molecular complexity index is 639. The van der Waals surface area contributed by atoms with Crippen molar-refractivity contribution in [3.63, 3.8) is 0 Å². The van der Waals surface area contributed by atoms with Gasteiger partial charge in [-0.05, 0) is 17.7 Å². The summed E-state index contributed by atoms with van der Waals surface area (Å²) < 4.78 is 6.64. The molecule has 0 aliphatic rings. The third-order valence-electron chi connectivity index (χ3n) is 3.15. The van der Waals surface area contributed by atoms with Crippen molar-refractivity contribution in [2.45, 2.75) is 12.6 Å². The number of hydrogen-bond donors (Lipinski definition) is 4. The number of anilines is 2. The molecule has 2 aromatic rings. The number of hydrogen-bond acceptors (Lipinski definition) is 6. The van der Waals surface area contributed by atoms with Gasteiger partial charge in [-0.1, -0.05) is 12.1 Å². The van der Waals surface area contributed by atoms with Gasteiger partial charge < -0.3 is 26.0 Å². The number of aromatic nitrogens is 2. The molecule has 0 aliphatic carbocycles. The minimum absolute atomic E-state index is 0.313. The van der Waals surface area contributed by atoms with Gasteiger partial charge in [0, 0.05) is 0 Å². The zero-order valence-corrected chi connectivity index (χ0v) is 12.1. The highest BCUT2D eigenvalue weighted by molar-refractivity contribution is 5.78. The van der Waals surface area contributed by atoms with E-state index in [4.69, 9.17) is 20.7 Å². The number of carboxylic acid groups (broad SMARTS) is 1. The van der Waals surface area contributed by atoms with Gasteiger partial charge in [-0.2, -0.15) is 5.10 Å². The van der Waals surface area contributed by atoms with Gasteiger partial charge in [0.2, 0.25) is 0 Å². The van der Waals surface area contributed by atoms with Gasteiger partial charge in [-0.15, -0.1) is 0 Å². The number of aliphatic hydroxyl groups excluding tert-OH is 1. The molecule has 8 nitrogen and oxygen atoms in total. The number of nitrogens with zero attached hydrogens (tertiary/aromatic N) is 2. The number of nitrogens with two attached hydrogens (primary N) is 1. The van der Waals surface area contributed by atoms with E-state index in [2.05, 4.69) is 10.4 Å². The Morgan fingerprint density at radius 3 is 2.68 bits per heavy atom. The molecular formula is C14H18N4O4. The molecule has 5 N–H and O–H groups in total. The van der Waals surface area contributed by atoms with Crippen LogP contribution in [0.15, 0.2) is 30.5 Å². The first-order valence-corrected chi connectivity index (χ1v) is 6.59. The summed E-state index contributed by atoms with van der Waals surface area (Å²) >= 11 is 0. The zero-order chi connectivity index (χ0) is 16.1. The van der Waals surface area contributed by atoms with Crippen molar-refractivity contribution < 1.29 is 19.7 Å². The maximum absolute atomic E-state index is 11.0. The van der Waals surface area contributed by atoms with Crippen molar-refractivity contribution in [3.05, 3.63) is 36.0 Å². The van der Waals surface area contributed by atoms with Crippen molar-refractivity contribution in [3.8, 4) is 5.75 Å². The molecule has 1 aromatic heterocycles. The molecule has 8 heteroatoms. The predicted molar refractivity (Wildman–Crippen MR) is 80.9 cm³/mol. The van der Waals surface area contributed by atoms with Crippen molar-refractivity contribution in [2.24, 2.45) is 0 Å². The standard InChI is InChI=1S/C14H18N4O4/c1-22-10-4-2-9(3-5-10)7-18-13(11(15)6-16-18)17-12(8-19)14(20)21/h2-6,12,17,19H,7-8,15H2,1H3,(H,20,21). The quantitative estimate of drug-likeness (QED) is 0.583. The first kappa shape index (κ1) is 15.6. The van der Waals surface area contributed by atoms with Crippen molar-refractivity contribution >= 4 is 17.5 Å². The van der Waals surface area contributed by atoms with Crippen LogP contribution in [-0.2, 0) is 11.3 Å². The predicted octanol–water partition coefficient (Wildman–Crippen LogP) is 0.380. The summed E-state index contributed by atoms with van der Waals surface area (Å²) in [7, 11) is 1.59. The molecule has 1 heterocycles. The molecule has 0 saturated carbocycles. The maximum Gasteiger partial charge on any atom is 0.328 e. The van der Waals surface area contributed by atoms with Crippen LogP contribution in [0.5, 0.6) is 5.75 Å². The maximum atomic E-state index is 11.0. The minimum atomic E-state index is -1.17. The van der Waals surface area contributed by atoms with Crippen molar-refractivity contribution in [2.75, 3.05) is 24.8 Å². The Morgan fingerprint density at radius 2 is 2.14 bits per heavy atom. The summed E-state index contributed by atoms with van der Waals surface area (Å²) in [6, 6.07) is 6.25. The highest BCUT2D eigenvalue weighted by Crippen LogP contribution is 2.21. The zero-order valence-electron chi connectivity index (χ0n) is 12.1. The first-order valence-electron chi connectivity index (χ1n) is 6.59. The van der Waals surface area contributed by atoms with Gasteiger partial charge >= 0.3 is 5.97 Å². The number of rotatable bonds is 7. The molecular weight excluding hydrogens is 288 g/mol. The van der Waals surface area contributed by atoms with Gasteiger partial charge in [0.15, 0.2) is 0 Å². The molecule has 0 radical (unpaired) electrons. The topological polar surface area (TPSA) is 123 Å². The molecule has 1 atom stereocenters. The second kappa shape index (κ2) is 6.81. The minimum Gasteiger partial charge on any atom is -0.497 e. The van der Waals surface area contributed by atoms with Gasteiger partial charge in [0.05, 0.1) is 32.1 Å². The van der Waals surface area contributed by atoms with E-state index < -0.39 is 18.6 Å². The molecule has 0 spiro atoms. The number of carbonyl (C=O) groups is 1. The van der Waals surface area contributed by atoms with Crippen LogP contribution >= 0.6 is 0 Å². The number of benzene rings is 1. The second-order valence-corrected chi connectivity index (χ2v) is 4.67. The van der Waals surface area contributed by atoms with E-state index in [1.165, 1.54) is 6.20 Å². The van der Waals surface area contributed by atoms with Crippen LogP contribution in [0.1, 0.15) is 5.56 Å². The van der Waals surface area contributed by atoms with Crippen molar-refractivity contribution in [1.29, 1.82) is 0 Å². The molecule has 0 bridgehead atoms. The molecule has 0 aliphatic heterocycles. The SMILES string of the molecule is COc1ccc(Cn2ncc(N)c2NC(CO)C(=O)O)cc1. The first-order chi connectivity index (χ1) is 10.5. The van der Waals surface area contributed by atoms with Crippen molar-refractivity contribution in [1.82, 2.24) is 9.78 Å². The van der Waals surface area contributed by atoms with E-state index in [0.29, 0.717) is 18.1 Å². The van der Waals surface area contributed by atoms with Crippen LogP contribution in [0.25, 0.3) is 0 Å². The fraction of sp³-hybridized carbons (Fsp3) is 0.286. The van der Waals surface area contributed by atoms with E-state index >= 15 is 0 Å². The monoisotopic (exact) mass is 306 g/mol. The summed E-state index contributed by atoms with van der Waals surface area (Å²) in [6.07, 6.45) is 1.43. The number of aliphatic hydroxyl groups is 1. The molecule has 22 heavy (non-hydrogen) atoms. The Labute approximate surface area is 127 Å². The molecule has 0 amide bonds. The number of nitrogens with one attached hydrogen (secondary N) is 1. The fourth-order valence-electron chi connectivity index (χ4n) is 1.93. The van der Waals surface area contributed by atoms with E-state index in [1.54, 1.807) is 11.8 Å². The summed E-state index contributed by atoms with van der Waals surface area (Å²) in [4.78, 5) is 11.0. The van der Waals surface area contributed by atoms with E-state index in [-0.39, 0.29) is 0 Å². The lowest BCUT2D eigenvalue weighted by Crippen LogP contribution is -2.34. The average molecular weight is 306 g/mol. The van der Waals surface area contributed by atoms with Crippen LogP contribution in [0, 0.1) is 0 Å². The lowest BCUT2D eigenvalue weighted by atomic mass is 10.2. The van der Waals surface area contributed by atoms with E-state index in [9.17, 15) is 4.79 Å². The number of nitrogen functional groups attached to an aromatic ring is 1. The Balaban J connectivity index is 2.19. The van der Waals surface area contributed by atoms with Crippen LogP contribution in [-0.4, -0.2) is 45.7 Å². The smallest absolute Gasteiger partial charge is 0.328 e. The van der Waals surface area contributed by atoms with Crippen LogP contribution < -0.4 is 15.8 Å².